The summed E-state index contributed by atoms with van der Waals surface area (Å²) in [5, 5.41) is 4.79. The first-order chi connectivity index (χ1) is 24.8. The van der Waals surface area contributed by atoms with Crippen molar-refractivity contribution in [3.8, 4) is 45.3 Å². The van der Waals surface area contributed by atoms with Crippen molar-refractivity contribution in [1.82, 2.24) is 19.1 Å². The lowest BCUT2D eigenvalue weighted by Crippen LogP contribution is -2.03. The fourth-order valence-corrected chi connectivity index (χ4v) is 7.48. The van der Waals surface area contributed by atoms with Crippen molar-refractivity contribution in [3.05, 3.63) is 182 Å². The van der Waals surface area contributed by atoms with E-state index < -0.39 is 0 Å². The van der Waals surface area contributed by atoms with Crippen molar-refractivity contribution < 1.29 is 0 Å². The molecule has 7 aromatic carbocycles. The van der Waals surface area contributed by atoms with Gasteiger partial charge in [0, 0.05) is 44.4 Å². The van der Waals surface area contributed by atoms with Gasteiger partial charge in [-0.25, -0.2) is 9.97 Å². The van der Waals surface area contributed by atoms with Gasteiger partial charge in [0.15, 0.2) is 5.82 Å². The molecular weight excluding hydrogens is 609 g/mol. The topological polar surface area (TPSA) is 35.6 Å². The molecule has 0 atom stereocenters. The Hall–Kier alpha value is -6.78. The standard InChI is InChI=1S/C46H30N4/c1-4-14-31(15-5-1)32-24-26-34(27-25-32)46-47-39(33-16-6-2-7-17-33)30-43(48-46)50-40-22-12-10-20-36(40)37-28-29-42-44(45(37)50)38-21-11-13-23-41(38)49(42)35-18-8-3-9-19-35/h1-30H. The Kier molecular flexibility index (Phi) is 6.46. The van der Waals surface area contributed by atoms with Crippen LogP contribution in [-0.2, 0) is 0 Å². The van der Waals surface area contributed by atoms with Crippen molar-refractivity contribution in [3.63, 3.8) is 0 Å². The highest BCUT2D eigenvalue weighted by molar-refractivity contribution is 6.26. The summed E-state index contributed by atoms with van der Waals surface area (Å²) in [6.45, 7) is 0. The van der Waals surface area contributed by atoms with Gasteiger partial charge < -0.3 is 4.57 Å². The fraction of sp³-hybridized carbons (Fsp3) is 0. The molecule has 0 aliphatic carbocycles. The third-order valence-electron chi connectivity index (χ3n) is 9.75. The van der Waals surface area contributed by atoms with Gasteiger partial charge in [-0.2, -0.15) is 0 Å². The molecule has 0 saturated carbocycles. The number of nitrogens with zero attached hydrogens (tertiary/aromatic N) is 4. The maximum absolute atomic E-state index is 5.37. The summed E-state index contributed by atoms with van der Waals surface area (Å²) in [7, 11) is 0. The van der Waals surface area contributed by atoms with Crippen molar-refractivity contribution in [2.75, 3.05) is 0 Å². The molecule has 10 rings (SSSR count). The van der Waals surface area contributed by atoms with Gasteiger partial charge in [-0.15, -0.1) is 0 Å². The van der Waals surface area contributed by atoms with E-state index in [0.717, 1.165) is 50.4 Å². The maximum Gasteiger partial charge on any atom is 0.162 e. The summed E-state index contributed by atoms with van der Waals surface area (Å²) in [6.07, 6.45) is 0. The Balaban J connectivity index is 1.29. The monoisotopic (exact) mass is 638 g/mol. The zero-order valence-electron chi connectivity index (χ0n) is 27.1. The van der Waals surface area contributed by atoms with Crippen LogP contribution >= 0.6 is 0 Å². The SMILES string of the molecule is c1ccc(-c2ccc(-c3nc(-c4ccccc4)cc(-n4c5ccccc5c5ccc6c(c7ccccc7n6-c6ccccc6)c54)n3)cc2)cc1. The first-order valence-electron chi connectivity index (χ1n) is 16.9. The number of hydrogen-bond acceptors (Lipinski definition) is 2. The molecule has 10 aromatic rings. The Labute approximate surface area is 289 Å². The highest BCUT2D eigenvalue weighted by Crippen LogP contribution is 2.42. The number of fused-ring (bicyclic) bond motifs is 7. The van der Waals surface area contributed by atoms with Crippen LogP contribution in [0.15, 0.2) is 182 Å². The molecule has 0 fully saturated rings. The van der Waals surface area contributed by atoms with Gasteiger partial charge in [0.2, 0.25) is 0 Å². The predicted octanol–water partition coefficient (Wildman–Crippen LogP) is 11.7. The minimum absolute atomic E-state index is 0.686. The maximum atomic E-state index is 5.37. The zero-order chi connectivity index (χ0) is 33.0. The largest absolute Gasteiger partial charge is 0.309 e. The van der Waals surface area contributed by atoms with Crippen molar-refractivity contribution in [1.29, 1.82) is 0 Å². The lowest BCUT2D eigenvalue weighted by Gasteiger charge is -2.13. The molecule has 4 nitrogen and oxygen atoms in total. The van der Waals surface area contributed by atoms with Gasteiger partial charge in [0.1, 0.15) is 5.82 Å². The third-order valence-corrected chi connectivity index (χ3v) is 9.75. The van der Waals surface area contributed by atoms with E-state index >= 15 is 0 Å². The molecule has 234 valence electrons. The van der Waals surface area contributed by atoms with Crippen molar-refractivity contribution in [2.24, 2.45) is 0 Å². The summed E-state index contributed by atoms with van der Waals surface area (Å²) in [5.74, 6) is 1.52. The van der Waals surface area contributed by atoms with Crippen LogP contribution in [0.5, 0.6) is 0 Å². The smallest absolute Gasteiger partial charge is 0.162 e. The molecule has 50 heavy (non-hydrogen) atoms. The van der Waals surface area contributed by atoms with Crippen LogP contribution < -0.4 is 0 Å². The minimum Gasteiger partial charge on any atom is -0.309 e. The molecule has 0 unspecified atom stereocenters. The summed E-state index contributed by atoms with van der Waals surface area (Å²) in [6, 6.07) is 64.2. The second-order valence-corrected chi connectivity index (χ2v) is 12.6. The highest BCUT2D eigenvalue weighted by atomic mass is 15.1. The molecule has 3 heterocycles. The summed E-state index contributed by atoms with van der Waals surface area (Å²) in [4.78, 5) is 10.5. The molecule has 0 spiro atoms. The number of benzene rings is 7. The van der Waals surface area contributed by atoms with Crippen LogP contribution in [0.1, 0.15) is 0 Å². The van der Waals surface area contributed by atoms with E-state index in [9.17, 15) is 0 Å². The van der Waals surface area contributed by atoms with E-state index in [4.69, 9.17) is 9.97 Å². The minimum atomic E-state index is 0.686. The summed E-state index contributed by atoms with van der Waals surface area (Å²) >= 11 is 0. The van der Waals surface area contributed by atoms with Crippen LogP contribution in [0.2, 0.25) is 0 Å². The van der Waals surface area contributed by atoms with Crippen LogP contribution in [0.25, 0.3) is 88.9 Å². The lowest BCUT2D eigenvalue weighted by molar-refractivity contribution is 1.05. The molecular formula is C46H30N4. The van der Waals surface area contributed by atoms with Gasteiger partial charge in [0.25, 0.3) is 0 Å². The number of rotatable bonds is 5. The van der Waals surface area contributed by atoms with Gasteiger partial charge in [-0.3, -0.25) is 4.57 Å². The molecule has 4 heteroatoms. The van der Waals surface area contributed by atoms with Gasteiger partial charge >= 0.3 is 0 Å². The summed E-state index contributed by atoms with van der Waals surface area (Å²) in [5.41, 5.74) is 10.9. The Morgan fingerprint density at radius 1 is 0.360 bits per heavy atom. The fourth-order valence-electron chi connectivity index (χ4n) is 7.48. The molecule has 0 radical (unpaired) electrons. The van der Waals surface area contributed by atoms with Gasteiger partial charge in [-0.05, 0) is 41.5 Å². The van der Waals surface area contributed by atoms with Crippen LogP contribution in [0.3, 0.4) is 0 Å². The number of hydrogen-bond donors (Lipinski definition) is 0. The van der Waals surface area contributed by atoms with Crippen molar-refractivity contribution in [2.45, 2.75) is 0 Å². The van der Waals surface area contributed by atoms with E-state index in [1.54, 1.807) is 0 Å². The number of para-hydroxylation sites is 3. The molecule has 0 saturated heterocycles. The first-order valence-corrected chi connectivity index (χ1v) is 16.9. The van der Waals surface area contributed by atoms with Crippen LogP contribution in [-0.4, -0.2) is 19.1 Å². The predicted molar refractivity (Wildman–Crippen MR) is 207 cm³/mol. The van der Waals surface area contributed by atoms with Crippen LogP contribution in [0.4, 0.5) is 0 Å². The zero-order valence-corrected chi connectivity index (χ0v) is 27.1. The first kappa shape index (κ1) is 28.3. The second kappa shape index (κ2) is 11.4. The van der Waals surface area contributed by atoms with E-state index in [1.807, 2.05) is 12.1 Å². The Morgan fingerprint density at radius 2 is 0.920 bits per heavy atom. The molecule has 3 aromatic heterocycles. The van der Waals surface area contributed by atoms with Gasteiger partial charge in [0.05, 0.1) is 27.8 Å². The second-order valence-electron chi connectivity index (χ2n) is 12.6. The van der Waals surface area contributed by atoms with E-state index in [0.29, 0.717) is 5.82 Å². The third kappa shape index (κ3) is 4.46. The molecule has 0 bridgehead atoms. The van der Waals surface area contributed by atoms with Crippen molar-refractivity contribution >= 4 is 43.6 Å². The average Bonchev–Trinajstić information content (AvgIpc) is 3.72. The summed E-state index contributed by atoms with van der Waals surface area (Å²) < 4.78 is 4.73. The molecule has 0 aliphatic rings. The highest BCUT2D eigenvalue weighted by Gasteiger charge is 2.22. The molecule has 0 N–H and O–H groups in total. The lowest BCUT2D eigenvalue weighted by atomic mass is 10.0. The van der Waals surface area contributed by atoms with Crippen LogP contribution in [0, 0.1) is 0 Å². The van der Waals surface area contributed by atoms with E-state index in [1.165, 1.54) is 32.6 Å². The van der Waals surface area contributed by atoms with E-state index in [2.05, 4.69) is 179 Å². The average molecular weight is 639 g/mol. The van der Waals surface area contributed by atoms with Gasteiger partial charge in [-0.1, -0.05) is 146 Å². The Bertz CT molecular complexity index is 2830. The molecule has 0 amide bonds. The van der Waals surface area contributed by atoms with E-state index in [-0.39, 0.29) is 0 Å². The number of aromatic nitrogens is 4. The quantitative estimate of drug-likeness (QED) is 0.188. The normalized spacial score (nSPS) is 11.6. The molecule has 0 aliphatic heterocycles. The Morgan fingerprint density at radius 3 is 1.64 bits per heavy atom.